The van der Waals surface area contributed by atoms with Crippen LogP contribution in [0.4, 0.5) is 5.69 Å². The molecule has 0 bridgehead atoms. The second-order valence-electron chi connectivity index (χ2n) is 6.93. The summed E-state index contributed by atoms with van der Waals surface area (Å²) >= 11 is 0. The number of fused-ring (bicyclic) bond motifs is 1. The topological polar surface area (TPSA) is 75.9 Å². The number of nitrogens with zero attached hydrogens (tertiary/aromatic N) is 3. The summed E-state index contributed by atoms with van der Waals surface area (Å²) in [5, 5.41) is 2.88. The molecule has 144 valence electrons. The average molecular weight is 378 g/mol. The number of nitrogens with one attached hydrogen (secondary N) is 1. The number of rotatable bonds is 3. The van der Waals surface area contributed by atoms with Gasteiger partial charge in [0.15, 0.2) is 0 Å². The van der Waals surface area contributed by atoms with Crippen LogP contribution in [-0.2, 0) is 4.74 Å². The zero-order valence-corrected chi connectivity index (χ0v) is 15.9. The SMILES string of the molecule is Cc1ccc(NC(=O)c2ccn3c(C)cnc3c2)cc1C(=O)N1CCOCC1. The molecule has 1 saturated heterocycles. The lowest BCUT2D eigenvalue weighted by atomic mass is 10.1. The summed E-state index contributed by atoms with van der Waals surface area (Å²) < 4.78 is 7.23. The lowest BCUT2D eigenvalue weighted by Gasteiger charge is -2.27. The quantitative estimate of drug-likeness (QED) is 0.760. The monoisotopic (exact) mass is 378 g/mol. The van der Waals surface area contributed by atoms with Crippen molar-refractivity contribution in [2.45, 2.75) is 13.8 Å². The van der Waals surface area contributed by atoms with Gasteiger partial charge in [-0.1, -0.05) is 6.07 Å². The molecular formula is C21H22N4O3. The number of hydrogen-bond acceptors (Lipinski definition) is 4. The van der Waals surface area contributed by atoms with E-state index in [0.29, 0.717) is 43.1 Å². The lowest BCUT2D eigenvalue weighted by molar-refractivity contribution is 0.0302. The Morgan fingerprint density at radius 1 is 1.11 bits per heavy atom. The van der Waals surface area contributed by atoms with E-state index in [2.05, 4.69) is 10.3 Å². The maximum absolute atomic E-state index is 12.8. The molecule has 7 heteroatoms. The maximum Gasteiger partial charge on any atom is 0.255 e. The second kappa shape index (κ2) is 7.44. The first-order chi connectivity index (χ1) is 13.5. The minimum absolute atomic E-state index is 0.0359. The van der Waals surface area contributed by atoms with Crippen LogP contribution in [0.2, 0.25) is 0 Å². The highest BCUT2D eigenvalue weighted by Gasteiger charge is 2.20. The zero-order chi connectivity index (χ0) is 19.7. The number of morpholine rings is 1. The molecule has 1 N–H and O–H groups in total. The summed E-state index contributed by atoms with van der Waals surface area (Å²) in [6.07, 6.45) is 3.59. The van der Waals surface area contributed by atoms with E-state index in [1.165, 1.54) is 0 Å². The Morgan fingerprint density at radius 3 is 2.68 bits per heavy atom. The third-order valence-electron chi connectivity index (χ3n) is 4.98. The van der Waals surface area contributed by atoms with Crippen molar-refractivity contribution >= 4 is 23.1 Å². The standard InChI is InChI=1S/C21H22N4O3/c1-14-3-4-17(12-18(14)21(27)24-7-9-28-10-8-24)23-20(26)16-5-6-25-15(2)13-22-19(25)11-16/h3-6,11-13H,7-10H2,1-2H3,(H,23,26). The van der Waals surface area contributed by atoms with Crippen molar-refractivity contribution in [3.8, 4) is 0 Å². The van der Waals surface area contributed by atoms with Crippen molar-refractivity contribution in [1.82, 2.24) is 14.3 Å². The third kappa shape index (κ3) is 3.48. The first-order valence-electron chi connectivity index (χ1n) is 9.25. The minimum Gasteiger partial charge on any atom is -0.378 e. The Balaban J connectivity index is 1.55. The van der Waals surface area contributed by atoms with Gasteiger partial charge >= 0.3 is 0 Å². The fourth-order valence-electron chi connectivity index (χ4n) is 3.32. The molecule has 0 radical (unpaired) electrons. The van der Waals surface area contributed by atoms with E-state index in [1.54, 1.807) is 29.3 Å². The van der Waals surface area contributed by atoms with Gasteiger partial charge in [-0.15, -0.1) is 0 Å². The van der Waals surface area contributed by atoms with E-state index in [-0.39, 0.29) is 11.8 Å². The van der Waals surface area contributed by atoms with Gasteiger partial charge in [0.2, 0.25) is 0 Å². The number of anilines is 1. The van der Waals surface area contributed by atoms with Crippen LogP contribution < -0.4 is 5.32 Å². The van der Waals surface area contributed by atoms with Gasteiger partial charge < -0.3 is 19.4 Å². The molecule has 7 nitrogen and oxygen atoms in total. The van der Waals surface area contributed by atoms with E-state index < -0.39 is 0 Å². The number of amides is 2. The number of ether oxygens (including phenoxy) is 1. The summed E-state index contributed by atoms with van der Waals surface area (Å²) in [7, 11) is 0. The van der Waals surface area contributed by atoms with Gasteiger partial charge in [0, 0.05) is 48.0 Å². The van der Waals surface area contributed by atoms with Gasteiger partial charge in [-0.25, -0.2) is 4.98 Å². The van der Waals surface area contributed by atoms with Crippen LogP contribution in [0.3, 0.4) is 0 Å². The van der Waals surface area contributed by atoms with Gasteiger partial charge in [-0.3, -0.25) is 9.59 Å². The average Bonchev–Trinajstić information content (AvgIpc) is 3.10. The van der Waals surface area contributed by atoms with E-state index in [4.69, 9.17) is 4.74 Å². The highest BCUT2D eigenvalue weighted by atomic mass is 16.5. The van der Waals surface area contributed by atoms with E-state index in [1.807, 2.05) is 36.6 Å². The van der Waals surface area contributed by atoms with Crippen LogP contribution in [-0.4, -0.2) is 52.4 Å². The molecule has 0 aliphatic carbocycles. The molecule has 3 heterocycles. The van der Waals surface area contributed by atoms with Gasteiger partial charge in [-0.2, -0.15) is 0 Å². The molecule has 0 unspecified atom stereocenters. The van der Waals surface area contributed by atoms with Crippen LogP contribution in [0.15, 0.2) is 42.7 Å². The Kier molecular flexibility index (Phi) is 4.83. The molecule has 0 atom stereocenters. The van der Waals surface area contributed by atoms with Crippen molar-refractivity contribution in [1.29, 1.82) is 0 Å². The number of aromatic nitrogens is 2. The number of imidazole rings is 1. The molecule has 28 heavy (non-hydrogen) atoms. The molecule has 1 aliphatic rings. The maximum atomic E-state index is 12.8. The molecule has 3 aromatic rings. The molecule has 1 aliphatic heterocycles. The summed E-state index contributed by atoms with van der Waals surface area (Å²) in [6.45, 7) is 6.12. The summed E-state index contributed by atoms with van der Waals surface area (Å²) in [4.78, 5) is 31.6. The van der Waals surface area contributed by atoms with Crippen molar-refractivity contribution < 1.29 is 14.3 Å². The van der Waals surface area contributed by atoms with E-state index >= 15 is 0 Å². The normalized spacial score (nSPS) is 14.3. The Hall–Kier alpha value is -3.19. The molecular weight excluding hydrogens is 356 g/mol. The number of hydrogen-bond donors (Lipinski definition) is 1. The first-order valence-corrected chi connectivity index (χ1v) is 9.25. The minimum atomic E-state index is -0.239. The molecule has 2 aromatic heterocycles. The van der Waals surface area contributed by atoms with Crippen molar-refractivity contribution in [3.05, 3.63) is 65.1 Å². The fraction of sp³-hybridized carbons (Fsp3) is 0.286. The van der Waals surface area contributed by atoms with Crippen LogP contribution in [0.1, 0.15) is 32.0 Å². The Morgan fingerprint density at radius 2 is 1.89 bits per heavy atom. The van der Waals surface area contributed by atoms with E-state index in [9.17, 15) is 9.59 Å². The predicted molar refractivity (Wildman–Crippen MR) is 106 cm³/mol. The Bertz CT molecular complexity index is 1050. The molecule has 1 aromatic carbocycles. The first kappa shape index (κ1) is 18.2. The number of aryl methyl sites for hydroxylation is 2. The van der Waals surface area contributed by atoms with Gasteiger partial charge in [-0.05, 0) is 43.7 Å². The van der Waals surface area contributed by atoms with E-state index in [0.717, 1.165) is 16.9 Å². The summed E-state index contributed by atoms with van der Waals surface area (Å²) in [5.74, 6) is -0.275. The zero-order valence-electron chi connectivity index (χ0n) is 15.9. The van der Waals surface area contributed by atoms with Crippen LogP contribution in [0, 0.1) is 13.8 Å². The highest BCUT2D eigenvalue weighted by Crippen LogP contribution is 2.19. The third-order valence-corrected chi connectivity index (χ3v) is 4.98. The lowest BCUT2D eigenvalue weighted by Crippen LogP contribution is -2.41. The molecule has 4 rings (SSSR count). The number of carbonyl (C=O) groups excluding carboxylic acids is 2. The van der Waals surface area contributed by atoms with Gasteiger partial charge in [0.1, 0.15) is 5.65 Å². The molecule has 1 fully saturated rings. The summed E-state index contributed by atoms with van der Waals surface area (Å²) in [5.41, 5.74) is 4.30. The molecule has 0 saturated carbocycles. The molecule has 2 amide bonds. The van der Waals surface area contributed by atoms with Crippen LogP contribution >= 0.6 is 0 Å². The second-order valence-corrected chi connectivity index (χ2v) is 6.93. The van der Waals surface area contributed by atoms with Gasteiger partial charge in [0.25, 0.3) is 11.8 Å². The number of carbonyl (C=O) groups is 2. The van der Waals surface area contributed by atoms with Crippen molar-refractivity contribution in [2.24, 2.45) is 0 Å². The fourth-order valence-corrected chi connectivity index (χ4v) is 3.32. The predicted octanol–water partition coefficient (Wildman–Crippen LogP) is 2.68. The largest absolute Gasteiger partial charge is 0.378 e. The van der Waals surface area contributed by atoms with Crippen LogP contribution in [0.5, 0.6) is 0 Å². The number of benzene rings is 1. The van der Waals surface area contributed by atoms with Crippen molar-refractivity contribution in [2.75, 3.05) is 31.6 Å². The van der Waals surface area contributed by atoms with Crippen LogP contribution in [0.25, 0.3) is 5.65 Å². The smallest absolute Gasteiger partial charge is 0.255 e. The van der Waals surface area contributed by atoms with Crippen molar-refractivity contribution in [3.63, 3.8) is 0 Å². The highest BCUT2D eigenvalue weighted by molar-refractivity contribution is 6.05. The Labute approximate surface area is 162 Å². The van der Waals surface area contributed by atoms with Gasteiger partial charge in [0.05, 0.1) is 13.2 Å². The number of pyridine rings is 1. The molecule has 0 spiro atoms. The summed E-state index contributed by atoms with van der Waals surface area (Å²) in [6, 6.07) is 8.90.